The van der Waals surface area contributed by atoms with E-state index in [1.807, 2.05) is 11.8 Å². The number of nitrogens with zero attached hydrogens (tertiary/aromatic N) is 3. The first-order valence-electron chi connectivity index (χ1n) is 11.1. The van der Waals surface area contributed by atoms with Gasteiger partial charge in [0.2, 0.25) is 5.91 Å². The van der Waals surface area contributed by atoms with Crippen molar-refractivity contribution in [3.05, 3.63) is 29.3 Å². The van der Waals surface area contributed by atoms with Gasteiger partial charge in [-0.2, -0.15) is 0 Å². The molecule has 6 nitrogen and oxygen atoms in total. The molecule has 29 heavy (non-hydrogen) atoms. The number of fused-ring (bicyclic) bond motifs is 1. The van der Waals surface area contributed by atoms with E-state index in [4.69, 9.17) is 4.74 Å². The minimum atomic E-state index is -0.169. The van der Waals surface area contributed by atoms with E-state index in [-0.39, 0.29) is 12.0 Å². The van der Waals surface area contributed by atoms with Crippen molar-refractivity contribution >= 4 is 17.7 Å². The highest BCUT2D eigenvalue weighted by atomic mass is 16.6. The highest BCUT2D eigenvalue weighted by molar-refractivity contribution is 6.02. The third-order valence-electron chi connectivity index (χ3n) is 6.68. The van der Waals surface area contributed by atoms with Crippen LogP contribution >= 0.6 is 0 Å². The zero-order chi connectivity index (χ0) is 20.4. The molecule has 4 rings (SSSR count). The quantitative estimate of drug-likeness (QED) is 0.780. The molecule has 2 amide bonds. The van der Waals surface area contributed by atoms with E-state index in [1.54, 1.807) is 0 Å². The van der Waals surface area contributed by atoms with Gasteiger partial charge in [0.15, 0.2) is 0 Å². The first-order chi connectivity index (χ1) is 14.0. The predicted molar refractivity (Wildman–Crippen MR) is 113 cm³/mol. The van der Waals surface area contributed by atoms with E-state index in [1.165, 1.54) is 11.1 Å². The summed E-state index contributed by atoms with van der Waals surface area (Å²) in [5.74, 6) is 0.907. The molecule has 0 radical (unpaired) electrons. The van der Waals surface area contributed by atoms with Gasteiger partial charge in [0.1, 0.15) is 0 Å². The van der Waals surface area contributed by atoms with Crippen LogP contribution in [0.25, 0.3) is 0 Å². The average Bonchev–Trinajstić information content (AvgIpc) is 3.04. The van der Waals surface area contributed by atoms with Gasteiger partial charge in [0.05, 0.1) is 13.0 Å². The fourth-order valence-electron chi connectivity index (χ4n) is 5.11. The number of ether oxygens (including phenoxy) is 1. The van der Waals surface area contributed by atoms with E-state index >= 15 is 0 Å². The van der Waals surface area contributed by atoms with Crippen molar-refractivity contribution < 1.29 is 14.3 Å². The van der Waals surface area contributed by atoms with Crippen LogP contribution in [0.5, 0.6) is 0 Å². The van der Waals surface area contributed by atoms with E-state index in [2.05, 4.69) is 34.9 Å². The van der Waals surface area contributed by atoms with Crippen molar-refractivity contribution in [2.45, 2.75) is 52.0 Å². The lowest BCUT2D eigenvalue weighted by atomic mass is 9.94. The number of amides is 2. The Labute approximate surface area is 173 Å². The van der Waals surface area contributed by atoms with Gasteiger partial charge in [-0.1, -0.05) is 17.7 Å². The molecule has 0 N–H and O–H groups in total. The summed E-state index contributed by atoms with van der Waals surface area (Å²) in [5, 5.41) is 0. The number of likely N-dealkylation sites (tertiary alicyclic amines) is 2. The lowest BCUT2D eigenvalue weighted by Gasteiger charge is -2.39. The third-order valence-corrected chi connectivity index (χ3v) is 6.68. The minimum absolute atomic E-state index is 0.169. The Morgan fingerprint density at radius 2 is 1.83 bits per heavy atom. The zero-order valence-corrected chi connectivity index (χ0v) is 17.7. The molecule has 0 spiro atoms. The number of aryl methyl sites for hydroxylation is 1. The summed E-state index contributed by atoms with van der Waals surface area (Å²) in [4.78, 5) is 31.0. The molecule has 0 aromatic heterocycles. The van der Waals surface area contributed by atoms with Crippen LogP contribution in [-0.4, -0.2) is 67.2 Å². The molecule has 0 atom stereocenters. The fraction of sp³-hybridized carbons (Fsp3) is 0.652. The Balaban J connectivity index is 1.26. The van der Waals surface area contributed by atoms with Gasteiger partial charge in [-0.25, -0.2) is 4.79 Å². The average molecular weight is 400 g/mol. The van der Waals surface area contributed by atoms with Gasteiger partial charge in [-0.15, -0.1) is 0 Å². The third kappa shape index (κ3) is 4.42. The first-order valence-corrected chi connectivity index (χ1v) is 11.1. The van der Waals surface area contributed by atoms with Crippen molar-refractivity contribution in [2.24, 2.45) is 5.92 Å². The Bertz CT molecular complexity index is 750. The number of hydrogen-bond acceptors (Lipinski definition) is 4. The van der Waals surface area contributed by atoms with Crippen LogP contribution in [-0.2, 0) is 16.0 Å². The highest BCUT2D eigenvalue weighted by Crippen LogP contribution is 2.34. The van der Waals surface area contributed by atoms with Crippen LogP contribution in [0.4, 0.5) is 10.5 Å². The molecule has 1 aromatic rings. The molecule has 3 heterocycles. The molecule has 3 aliphatic rings. The van der Waals surface area contributed by atoms with Crippen molar-refractivity contribution in [2.75, 3.05) is 44.2 Å². The van der Waals surface area contributed by atoms with Crippen LogP contribution in [0.15, 0.2) is 18.2 Å². The summed E-state index contributed by atoms with van der Waals surface area (Å²) in [6.45, 7) is 9.19. The zero-order valence-electron chi connectivity index (χ0n) is 17.7. The number of benzene rings is 1. The van der Waals surface area contributed by atoms with Gasteiger partial charge in [-0.3, -0.25) is 4.79 Å². The van der Waals surface area contributed by atoms with Crippen LogP contribution in [0, 0.1) is 12.8 Å². The summed E-state index contributed by atoms with van der Waals surface area (Å²) in [6.07, 6.45) is 4.57. The molecule has 0 bridgehead atoms. The monoisotopic (exact) mass is 399 g/mol. The van der Waals surface area contributed by atoms with Gasteiger partial charge in [-0.05, 0) is 57.1 Å². The standard InChI is InChI=1S/C23H33N3O3/c1-3-29-23(28)25-12-6-18(7-13-25)16-24-10-8-20(9-11-24)26-21-5-4-17(2)14-19(21)15-22(26)27/h4-5,14,18,20H,3,6-13,15-16H2,1-2H3. The summed E-state index contributed by atoms with van der Waals surface area (Å²) in [7, 11) is 0. The van der Waals surface area contributed by atoms with Crippen LogP contribution in [0.1, 0.15) is 43.7 Å². The minimum Gasteiger partial charge on any atom is -0.450 e. The van der Waals surface area contributed by atoms with Crippen LogP contribution in [0.2, 0.25) is 0 Å². The smallest absolute Gasteiger partial charge is 0.409 e. The van der Waals surface area contributed by atoms with Crippen LogP contribution < -0.4 is 4.90 Å². The van der Waals surface area contributed by atoms with Crippen molar-refractivity contribution in [1.29, 1.82) is 0 Å². The van der Waals surface area contributed by atoms with Crippen molar-refractivity contribution in [1.82, 2.24) is 9.80 Å². The highest BCUT2D eigenvalue weighted by Gasteiger charge is 2.35. The van der Waals surface area contributed by atoms with Crippen molar-refractivity contribution in [3.8, 4) is 0 Å². The Hall–Kier alpha value is -2.08. The molecule has 0 unspecified atom stereocenters. The number of anilines is 1. The predicted octanol–water partition coefficient (Wildman–Crippen LogP) is 3.22. The molecule has 3 aliphatic heterocycles. The SMILES string of the molecule is CCOC(=O)N1CCC(CN2CCC(N3C(=O)Cc4cc(C)ccc43)CC2)CC1. The molecule has 2 fully saturated rings. The largest absolute Gasteiger partial charge is 0.450 e. The first kappa shape index (κ1) is 20.2. The van der Waals surface area contributed by atoms with Gasteiger partial charge in [0, 0.05) is 44.5 Å². The summed E-state index contributed by atoms with van der Waals surface area (Å²) >= 11 is 0. The van der Waals surface area contributed by atoms with Gasteiger partial charge >= 0.3 is 6.09 Å². The maximum absolute atomic E-state index is 12.6. The van der Waals surface area contributed by atoms with Gasteiger partial charge in [0.25, 0.3) is 0 Å². The molecule has 1 aromatic carbocycles. The number of hydrogen-bond donors (Lipinski definition) is 0. The molecule has 158 valence electrons. The molecular weight excluding hydrogens is 366 g/mol. The van der Waals surface area contributed by atoms with Gasteiger partial charge < -0.3 is 19.4 Å². The second-order valence-electron chi connectivity index (χ2n) is 8.73. The second kappa shape index (κ2) is 8.74. The Morgan fingerprint density at radius 3 is 2.52 bits per heavy atom. The normalized spacial score (nSPS) is 21.5. The van der Waals surface area contributed by atoms with Crippen molar-refractivity contribution in [3.63, 3.8) is 0 Å². The fourth-order valence-corrected chi connectivity index (χ4v) is 5.11. The van der Waals surface area contributed by atoms with E-state index in [9.17, 15) is 9.59 Å². The summed E-state index contributed by atoms with van der Waals surface area (Å²) in [5.41, 5.74) is 3.54. The second-order valence-corrected chi connectivity index (χ2v) is 8.73. The van der Waals surface area contributed by atoms with Crippen LogP contribution in [0.3, 0.4) is 0 Å². The lowest BCUT2D eigenvalue weighted by molar-refractivity contribution is -0.118. The number of carbonyl (C=O) groups is 2. The molecule has 2 saturated heterocycles. The number of carbonyl (C=O) groups excluding carboxylic acids is 2. The molecule has 0 saturated carbocycles. The maximum atomic E-state index is 12.6. The summed E-state index contributed by atoms with van der Waals surface area (Å²) < 4.78 is 5.11. The number of rotatable bonds is 4. The Morgan fingerprint density at radius 1 is 1.10 bits per heavy atom. The molecular formula is C23H33N3O3. The molecule has 6 heteroatoms. The van der Waals surface area contributed by atoms with E-state index in [0.29, 0.717) is 25.0 Å². The lowest BCUT2D eigenvalue weighted by Crippen LogP contribution is -2.48. The Kier molecular flexibility index (Phi) is 6.09. The van der Waals surface area contributed by atoms with E-state index in [0.717, 1.165) is 64.1 Å². The topological polar surface area (TPSA) is 53.1 Å². The van der Waals surface area contributed by atoms with E-state index < -0.39 is 0 Å². The summed E-state index contributed by atoms with van der Waals surface area (Å²) in [6, 6.07) is 6.72. The molecule has 0 aliphatic carbocycles. The maximum Gasteiger partial charge on any atom is 0.409 e. The number of piperidine rings is 2.